The number of ether oxygens (including phenoxy) is 2. The Morgan fingerprint density at radius 1 is 0.688 bits per heavy atom. The number of carbonyl (C=O) groups is 3. The van der Waals surface area contributed by atoms with Gasteiger partial charge in [0.1, 0.15) is 5.82 Å². The molecule has 1 saturated heterocycles. The van der Waals surface area contributed by atoms with E-state index in [9.17, 15) is 36.3 Å². The third kappa shape index (κ3) is 12.5. The molecule has 1 aliphatic heterocycles. The van der Waals surface area contributed by atoms with Gasteiger partial charge in [-0.05, 0) is 66.2 Å². The molecule has 0 radical (unpaired) electrons. The van der Waals surface area contributed by atoms with Crippen LogP contribution in [-0.4, -0.2) is 108 Å². The van der Waals surface area contributed by atoms with Gasteiger partial charge in [-0.3, -0.25) is 14.4 Å². The number of halogens is 6. The van der Waals surface area contributed by atoms with Crippen LogP contribution in [0.2, 0.25) is 0 Å². The van der Waals surface area contributed by atoms with Gasteiger partial charge in [0, 0.05) is 84.3 Å². The van der Waals surface area contributed by atoms with Crippen LogP contribution in [0.5, 0.6) is 0 Å². The molecule has 3 aromatic carbocycles. The normalized spacial score (nSPS) is 12.2. The predicted octanol–water partition coefficient (Wildman–Crippen LogP) is 4.98. The Morgan fingerprint density at radius 3 is 1.52 bits per heavy atom. The van der Waals surface area contributed by atoms with Crippen molar-refractivity contribution in [1.29, 1.82) is 0 Å². The maximum atomic E-state index is 14.3. The van der Waals surface area contributed by atoms with Gasteiger partial charge < -0.3 is 29.5 Å². The number of carbonyl (C=O) groups excluding carboxylic acids is 3. The fraction of sp³-hybridized carbons (Fsp3) is 0.364. The highest BCUT2D eigenvalue weighted by molar-refractivity contribution is 6.67. The molecule has 0 spiro atoms. The average Bonchev–Trinajstić information content (AvgIpc) is 3.08. The zero-order valence-electron chi connectivity index (χ0n) is 27.0. The zero-order valence-corrected chi connectivity index (χ0v) is 27.8. The summed E-state index contributed by atoms with van der Waals surface area (Å²) in [5.74, 6) is -4.96. The van der Waals surface area contributed by atoms with Gasteiger partial charge in [0.25, 0.3) is 17.1 Å². The van der Waals surface area contributed by atoms with Crippen LogP contribution >= 0.6 is 11.6 Å². The summed E-state index contributed by atoms with van der Waals surface area (Å²) in [6.45, 7) is 4.98. The van der Waals surface area contributed by atoms with Crippen molar-refractivity contribution in [3.63, 3.8) is 0 Å². The Kier molecular flexibility index (Phi) is 16.9. The van der Waals surface area contributed by atoms with Crippen LogP contribution < -0.4 is 10.2 Å². The van der Waals surface area contributed by atoms with E-state index in [1.54, 1.807) is 33.3 Å². The largest absolute Gasteiger partial charge is 0.383 e. The summed E-state index contributed by atoms with van der Waals surface area (Å²) in [4.78, 5) is 39.2. The van der Waals surface area contributed by atoms with Crippen molar-refractivity contribution in [1.82, 2.24) is 15.1 Å². The van der Waals surface area contributed by atoms with Crippen LogP contribution in [0.4, 0.5) is 27.6 Å². The first kappa shape index (κ1) is 40.1. The Balaban J connectivity index is 0.000000263. The highest BCUT2D eigenvalue weighted by Crippen LogP contribution is 2.21. The lowest BCUT2D eigenvalue weighted by atomic mass is 10.1. The molecule has 1 fully saturated rings. The van der Waals surface area contributed by atoms with Gasteiger partial charge in [0.2, 0.25) is 0 Å². The van der Waals surface area contributed by atoms with Crippen LogP contribution in [0.15, 0.2) is 54.6 Å². The van der Waals surface area contributed by atoms with Crippen molar-refractivity contribution in [3.05, 3.63) is 100 Å². The van der Waals surface area contributed by atoms with E-state index < -0.39 is 28.5 Å². The van der Waals surface area contributed by atoms with Gasteiger partial charge in [0.05, 0.1) is 18.9 Å². The van der Waals surface area contributed by atoms with Gasteiger partial charge >= 0.3 is 0 Å². The number of piperazine rings is 1. The summed E-state index contributed by atoms with van der Waals surface area (Å²) in [7, 11) is 6.36. The Labute approximate surface area is 281 Å². The highest BCUT2D eigenvalue weighted by atomic mass is 35.5. The number of likely N-dealkylation sites (N-methyl/N-ethyl adjacent to an activating group) is 2. The monoisotopic (exact) mass is 700 g/mol. The highest BCUT2D eigenvalue weighted by Gasteiger charge is 2.18. The molecule has 4 rings (SSSR count). The van der Waals surface area contributed by atoms with E-state index in [-0.39, 0.29) is 28.8 Å². The smallest absolute Gasteiger partial charge is 0.253 e. The molecule has 2 amide bonds. The minimum absolute atomic E-state index is 0.0504. The summed E-state index contributed by atoms with van der Waals surface area (Å²) >= 11 is 5.00. The van der Waals surface area contributed by atoms with Gasteiger partial charge in [-0.15, -0.1) is 0 Å². The quantitative estimate of drug-likeness (QED) is 0.236. The minimum Gasteiger partial charge on any atom is -0.383 e. The van der Waals surface area contributed by atoms with Gasteiger partial charge in [-0.25, -0.2) is 22.0 Å². The van der Waals surface area contributed by atoms with Crippen LogP contribution in [0.25, 0.3) is 0 Å². The molecule has 0 unspecified atom stereocenters. The first-order valence-corrected chi connectivity index (χ1v) is 15.0. The second kappa shape index (κ2) is 20.3. The molecule has 262 valence electrons. The van der Waals surface area contributed by atoms with Crippen LogP contribution in [-0.2, 0) is 9.47 Å². The Hall–Kier alpha value is -4.11. The number of hydrogen-bond acceptors (Lipinski definition) is 7. The van der Waals surface area contributed by atoms with Gasteiger partial charge in [0.15, 0.2) is 23.3 Å². The molecule has 0 bridgehead atoms. The van der Waals surface area contributed by atoms with E-state index in [1.807, 2.05) is 4.90 Å². The minimum atomic E-state index is -1.07. The fourth-order valence-electron chi connectivity index (χ4n) is 4.15. The SMILES string of the molecule is COCCN(C)C(=O)c1ccc(F)c(F)c1.COCCN(C)C(=O)c1ccc(N2CCNCC2)c(F)c1.O=C(Cl)c1ccc(F)c(F)c1. The number of amides is 2. The van der Waals surface area contributed by atoms with Crippen molar-refractivity contribution in [2.45, 2.75) is 0 Å². The first-order chi connectivity index (χ1) is 22.8. The number of hydrogen-bond donors (Lipinski definition) is 1. The topological polar surface area (TPSA) is 91.4 Å². The molecule has 1 N–H and O–H groups in total. The van der Waals surface area contributed by atoms with Crippen LogP contribution in [0, 0.1) is 29.1 Å². The number of nitrogens with one attached hydrogen (secondary N) is 1. The van der Waals surface area contributed by atoms with Gasteiger partial charge in [-0.2, -0.15) is 0 Å². The second-order valence-corrected chi connectivity index (χ2v) is 10.7. The lowest BCUT2D eigenvalue weighted by Gasteiger charge is -2.29. The summed E-state index contributed by atoms with van der Waals surface area (Å²) in [6, 6.07) is 10.5. The number of rotatable bonds is 10. The summed E-state index contributed by atoms with van der Waals surface area (Å²) in [6.07, 6.45) is 0. The first-order valence-electron chi connectivity index (χ1n) is 14.6. The lowest BCUT2D eigenvalue weighted by Crippen LogP contribution is -2.43. The van der Waals surface area contributed by atoms with E-state index >= 15 is 0 Å². The molecule has 3 aromatic rings. The standard InChI is InChI=1S/C15H22FN3O2.C11H13F2NO2.C7H3ClF2O/c1-18(9-10-21-2)15(20)12-3-4-14(13(16)11-12)19-7-5-17-6-8-19;1-14(5-6-16-2)11(15)8-3-4-9(12)10(13)7-8;8-7(11)4-1-2-5(9)6(10)3-4/h3-4,11,17H,5-10H2,1-2H3;3-4,7H,5-6H2,1-2H3;1-3H. The molecule has 0 aromatic heterocycles. The third-order valence-electron chi connectivity index (χ3n) is 6.92. The maximum absolute atomic E-state index is 14.3. The van der Waals surface area contributed by atoms with E-state index in [1.165, 1.54) is 29.0 Å². The van der Waals surface area contributed by atoms with Crippen molar-refractivity contribution >= 4 is 34.3 Å². The fourth-order valence-corrected chi connectivity index (χ4v) is 4.27. The molecule has 0 saturated carbocycles. The molecule has 1 aliphatic rings. The number of nitrogens with zero attached hydrogens (tertiary/aromatic N) is 3. The molecular formula is C33H38ClF5N4O5. The van der Waals surface area contributed by atoms with Crippen molar-refractivity contribution in [3.8, 4) is 0 Å². The molecular weight excluding hydrogens is 663 g/mol. The van der Waals surface area contributed by atoms with Crippen molar-refractivity contribution in [2.24, 2.45) is 0 Å². The lowest BCUT2D eigenvalue weighted by molar-refractivity contribution is 0.0738. The molecule has 1 heterocycles. The Bertz CT molecular complexity index is 1530. The number of methoxy groups -OCH3 is 2. The molecule has 48 heavy (non-hydrogen) atoms. The van der Waals surface area contributed by atoms with E-state index in [4.69, 9.17) is 21.1 Å². The Morgan fingerprint density at radius 2 is 1.10 bits per heavy atom. The van der Waals surface area contributed by atoms with Crippen LogP contribution in [0.1, 0.15) is 31.1 Å². The predicted molar refractivity (Wildman–Crippen MR) is 172 cm³/mol. The van der Waals surface area contributed by atoms with Crippen molar-refractivity contribution in [2.75, 3.05) is 85.7 Å². The zero-order chi connectivity index (χ0) is 35.8. The van der Waals surface area contributed by atoms with Crippen LogP contribution in [0.3, 0.4) is 0 Å². The van der Waals surface area contributed by atoms with Crippen molar-refractivity contribution < 1.29 is 45.8 Å². The summed E-state index contributed by atoms with van der Waals surface area (Å²) in [5, 5.41) is 2.43. The average molecular weight is 701 g/mol. The van der Waals surface area contributed by atoms with E-state index in [0.29, 0.717) is 37.6 Å². The third-order valence-corrected chi connectivity index (χ3v) is 7.14. The second-order valence-electron chi connectivity index (χ2n) is 10.4. The molecule has 9 nitrogen and oxygen atoms in total. The maximum Gasteiger partial charge on any atom is 0.253 e. The van der Waals surface area contributed by atoms with E-state index in [2.05, 4.69) is 5.32 Å². The molecule has 15 heteroatoms. The van der Waals surface area contributed by atoms with Gasteiger partial charge in [-0.1, -0.05) is 0 Å². The summed E-state index contributed by atoms with van der Waals surface area (Å²) < 4.78 is 74.1. The summed E-state index contributed by atoms with van der Waals surface area (Å²) in [5.41, 5.74) is 1.00. The number of anilines is 1. The molecule has 0 aliphatic carbocycles. The number of benzene rings is 3. The molecule has 0 atom stereocenters. The van der Waals surface area contributed by atoms with E-state index in [0.717, 1.165) is 56.5 Å².